The van der Waals surface area contributed by atoms with E-state index in [1.165, 1.54) is 13.0 Å². The van der Waals surface area contributed by atoms with Crippen LogP contribution in [0.1, 0.15) is 43.1 Å². The Kier molecular flexibility index (Phi) is 5.95. The third-order valence-corrected chi connectivity index (χ3v) is 3.10. The van der Waals surface area contributed by atoms with E-state index in [1.807, 2.05) is 0 Å². The molecule has 0 radical (unpaired) electrons. The third kappa shape index (κ3) is 4.84. The largest absolute Gasteiger partial charge is 0.478 e. The second-order valence-corrected chi connectivity index (χ2v) is 5.01. The number of rotatable bonds is 6. The Hall–Kier alpha value is -2.31. The lowest BCUT2D eigenvalue weighted by atomic mass is 10.1. The fourth-order valence-corrected chi connectivity index (χ4v) is 1.70. The minimum absolute atomic E-state index is 0.0527. The highest BCUT2D eigenvalue weighted by Crippen LogP contribution is 2.25. The third-order valence-electron chi connectivity index (χ3n) is 3.10. The lowest BCUT2D eigenvalue weighted by molar-refractivity contribution is 0.0629. The highest BCUT2D eigenvalue weighted by Gasteiger charge is 2.24. The highest BCUT2D eigenvalue weighted by molar-refractivity contribution is 5.88. The molecule has 0 amide bonds. The van der Waals surface area contributed by atoms with Crippen LogP contribution in [0.15, 0.2) is 30.0 Å². The van der Waals surface area contributed by atoms with Gasteiger partial charge in [0.25, 0.3) is 5.92 Å². The predicted octanol–water partition coefficient (Wildman–Crippen LogP) is 4.56. The average molecular weight is 331 g/mol. The molecule has 0 aliphatic heterocycles. The van der Waals surface area contributed by atoms with E-state index in [9.17, 15) is 22.4 Å². The minimum Gasteiger partial charge on any atom is -0.478 e. The molecule has 1 aromatic rings. The Labute approximate surface area is 131 Å². The number of carboxylic acids is 1. The zero-order valence-corrected chi connectivity index (χ0v) is 12.9. The van der Waals surface area contributed by atoms with E-state index >= 15 is 0 Å². The summed E-state index contributed by atoms with van der Waals surface area (Å²) in [5, 5.41) is 11.2. The maximum absolute atomic E-state index is 14.1. The number of halogens is 4. The second-order valence-electron chi connectivity index (χ2n) is 5.01. The van der Waals surface area contributed by atoms with Gasteiger partial charge in [0.05, 0.1) is 11.1 Å². The SMILES string of the molecule is CC/C=C(/N/C=C(\C)C(C)(F)F)c1c(F)cc(C(=O)O)cc1F. The molecule has 1 rings (SSSR count). The first-order valence-electron chi connectivity index (χ1n) is 6.82. The Morgan fingerprint density at radius 3 is 2.22 bits per heavy atom. The molecule has 0 fully saturated rings. The second kappa shape index (κ2) is 7.30. The molecule has 2 N–H and O–H groups in total. The van der Waals surface area contributed by atoms with Crippen LogP contribution < -0.4 is 5.32 Å². The van der Waals surface area contributed by atoms with E-state index < -0.39 is 34.7 Å². The lowest BCUT2D eigenvalue weighted by Gasteiger charge is -2.14. The summed E-state index contributed by atoms with van der Waals surface area (Å²) in [6.07, 6.45) is 2.77. The first kappa shape index (κ1) is 18.7. The van der Waals surface area contributed by atoms with Gasteiger partial charge in [-0.15, -0.1) is 0 Å². The van der Waals surface area contributed by atoms with Gasteiger partial charge in [0.1, 0.15) is 11.6 Å². The average Bonchev–Trinajstić information content (AvgIpc) is 2.42. The number of carboxylic acid groups (broad SMARTS) is 1. The Morgan fingerprint density at radius 2 is 1.83 bits per heavy atom. The van der Waals surface area contributed by atoms with Crippen molar-refractivity contribution in [1.82, 2.24) is 5.32 Å². The fraction of sp³-hybridized carbons (Fsp3) is 0.312. The van der Waals surface area contributed by atoms with Crippen molar-refractivity contribution in [1.29, 1.82) is 0 Å². The molecule has 0 saturated carbocycles. The summed E-state index contributed by atoms with van der Waals surface area (Å²) in [5.74, 6) is -6.73. The van der Waals surface area contributed by atoms with Gasteiger partial charge in [-0.25, -0.2) is 22.4 Å². The molecule has 0 atom stereocenters. The van der Waals surface area contributed by atoms with Gasteiger partial charge in [-0.1, -0.05) is 13.0 Å². The first-order valence-corrected chi connectivity index (χ1v) is 6.82. The smallest absolute Gasteiger partial charge is 0.335 e. The number of carbonyl (C=O) groups is 1. The van der Waals surface area contributed by atoms with Gasteiger partial charge >= 0.3 is 5.97 Å². The van der Waals surface area contributed by atoms with Gasteiger partial charge in [-0.05, 0) is 25.5 Å². The van der Waals surface area contributed by atoms with E-state index in [-0.39, 0.29) is 11.3 Å². The monoisotopic (exact) mass is 331 g/mol. The van der Waals surface area contributed by atoms with Gasteiger partial charge in [-0.2, -0.15) is 0 Å². The number of aromatic carboxylic acids is 1. The van der Waals surface area contributed by atoms with E-state index in [4.69, 9.17) is 5.11 Å². The van der Waals surface area contributed by atoms with Crippen LogP contribution in [0.4, 0.5) is 17.6 Å². The summed E-state index contributed by atoms with van der Waals surface area (Å²) in [6.45, 7) is 3.58. The van der Waals surface area contributed by atoms with Crippen molar-refractivity contribution in [3.63, 3.8) is 0 Å². The molecule has 0 bridgehead atoms. The predicted molar refractivity (Wildman–Crippen MR) is 79.1 cm³/mol. The zero-order chi connectivity index (χ0) is 17.8. The minimum atomic E-state index is -3.07. The summed E-state index contributed by atoms with van der Waals surface area (Å²) >= 11 is 0. The Balaban J connectivity index is 3.28. The van der Waals surface area contributed by atoms with Gasteiger partial charge in [-0.3, -0.25) is 0 Å². The normalized spacial score (nSPS) is 13.2. The molecule has 0 saturated heterocycles. The number of nitrogens with one attached hydrogen (secondary N) is 1. The zero-order valence-electron chi connectivity index (χ0n) is 12.9. The summed E-state index contributed by atoms with van der Waals surface area (Å²) in [5.41, 5.74) is -1.41. The van der Waals surface area contributed by atoms with Crippen molar-refractivity contribution in [2.45, 2.75) is 33.1 Å². The molecule has 126 valence electrons. The van der Waals surface area contributed by atoms with Crippen molar-refractivity contribution in [2.24, 2.45) is 0 Å². The molecule has 0 aliphatic rings. The quantitative estimate of drug-likeness (QED) is 0.751. The highest BCUT2D eigenvalue weighted by atomic mass is 19.3. The van der Waals surface area contributed by atoms with Crippen molar-refractivity contribution in [3.05, 3.63) is 52.7 Å². The van der Waals surface area contributed by atoms with Crippen LogP contribution in [-0.4, -0.2) is 17.0 Å². The maximum Gasteiger partial charge on any atom is 0.335 e. The van der Waals surface area contributed by atoms with E-state index in [0.29, 0.717) is 25.5 Å². The molecule has 0 aromatic heterocycles. The number of benzene rings is 1. The molecule has 3 nitrogen and oxygen atoms in total. The van der Waals surface area contributed by atoms with E-state index in [2.05, 4.69) is 5.32 Å². The number of allylic oxidation sites excluding steroid dienone is 2. The first-order chi connectivity index (χ1) is 10.6. The Bertz CT molecular complexity index is 638. The summed E-state index contributed by atoms with van der Waals surface area (Å²) < 4.78 is 54.3. The standard InChI is InChI=1S/C16H17F4NO2/c1-4-5-13(21-8-9(2)16(3,19)20)14-11(17)6-10(15(22)23)7-12(14)18/h5-8,21H,4H2,1-3H3,(H,22,23)/b9-8+,13-5+. The van der Waals surface area contributed by atoms with Crippen LogP contribution >= 0.6 is 0 Å². The summed E-state index contributed by atoms with van der Waals surface area (Å²) in [7, 11) is 0. The van der Waals surface area contributed by atoms with Gasteiger partial charge in [0, 0.05) is 24.4 Å². The van der Waals surface area contributed by atoms with Gasteiger partial charge in [0.15, 0.2) is 0 Å². The molecule has 0 aliphatic carbocycles. The molecule has 7 heteroatoms. The van der Waals surface area contributed by atoms with Crippen LogP contribution in [0.25, 0.3) is 5.70 Å². The maximum atomic E-state index is 14.1. The number of hydrogen-bond acceptors (Lipinski definition) is 2. The lowest BCUT2D eigenvalue weighted by Crippen LogP contribution is -2.16. The molecule has 0 heterocycles. The van der Waals surface area contributed by atoms with Crippen LogP contribution in [0, 0.1) is 11.6 Å². The molecular weight excluding hydrogens is 314 g/mol. The fourth-order valence-electron chi connectivity index (χ4n) is 1.70. The van der Waals surface area contributed by atoms with Gasteiger partial charge in [0.2, 0.25) is 0 Å². The molecule has 1 aromatic carbocycles. The van der Waals surface area contributed by atoms with Gasteiger partial charge < -0.3 is 10.4 Å². The number of alkyl halides is 2. The van der Waals surface area contributed by atoms with Crippen molar-refractivity contribution in [3.8, 4) is 0 Å². The molecule has 23 heavy (non-hydrogen) atoms. The summed E-state index contributed by atoms with van der Waals surface area (Å²) in [4.78, 5) is 10.8. The van der Waals surface area contributed by atoms with Crippen molar-refractivity contribution >= 4 is 11.7 Å². The van der Waals surface area contributed by atoms with Crippen molar-refractivity contribution < 1.29 is 27.5 Å². The molecule has 0 unspecified atom stereocenters. The van der Waals surface area contributed by atoms with Crippen LogP contribution in [0.5, 0.6) is 0 Å². The summed E-state index contributed by atoms with van der Waals surface area (Å²) in [6, 6.07) is 1.36. The van der Waals surface area contributed by atoms with Crippen LogP contribution in [0.2, 0.25) is 0 Å². The Morgan fingerprint density at radius 1 is 1.30 bits per heavy atom. The van der Waals surface area contributed by atoms with Crippen molar-refractivity contribution in [2.75, 3.05) is 0 Å². The van der Waals surface area contributed by atoms with E-state index in [0.717, 1.165) is 6.20 Å². The topological polar surface area (TPSA) is 49.3 Å². The van der Waals surface area contributed by atoms with Crippen LogP contribution in [0.3, 0.4) is 0 Å². The van der Waals surface area contributed by atoms with E-state index in [1.54, 1.807) is 6.92 Å². The molecular formula is C16H17F4NO2. The molecule has 0 spiro atoms. The number of hydrogen-bond donors (Lipinski definition) is 2. The van der Waals surface area contributed by atoms with Crippen LogP contribution in [-0.2, 0) is 0 Å².